The zero-order valence-electron chi connectivity index (χ0n) is 18.5. The van der Waals surface area contributed by atoms with Crippen molar-refractivity contribution in [3.63, 3.8) is 0 Å². The zero-order chi connectivity index (χ0) is 22.2. The van der Waals surface area contributed by atoms with Crippen LogP contribution < -0.4 is 20.1 Å². The maximum atomic E-state index is 12.7. The number of methoxy groups -OCH3 is 1. The number of hydrogen-bond acceptors (Lipinski definition) is 5. The van der Waals surface area contributed by atoms with E-state index in [0.29, 0.717) is 29.6 Å². The van der Waals surface area contributed by atoms with Crippen LogP contribution in [0.3, 0.4) is 0 Å². The third-order valence-electron chi connectivity index (χ3n) is 5.13. The van der Waals surface area contributed by atoms with Crippen LogP contribution in [0.15, 0.2) is 54.7 Å². The number of nitrogens with one attached hydrogen (secondary N) is 2. The monoisotopic (exact) mass is 422 g/mol. The van der Waals surface area contributed by atoms with Gasteiger partial charge >= 0.3 is 0 Å². The van der Waals surface area contributed by atoms with E-state index in [-0.39, 0.29) is 5.91 Å². The summed E-state index contributed by atoms with van der Waals surface area (Å²) in [6.07, 6.45) is 2.81. The predicted octanol–water partition coefficient (Wildman–Crippen LogP) is 4.11. The Morgan fingerprint density at radius 1 is 1.19 bits per heavy atom. The van der Waals surface area contributed by atoms with E-state index < -0.39 is 0 Å². The number of carbonyl (C=O) groups excluding carboxylic acids is 1. The fourth-order valence-corrected chi connectivity index (χ4v) is 3.15. The number of aryl methyl sites for hydroxylation is 1. The smallest absolute Gasteiger partial charge is 0.255 e. The number of aromatic nitrogens is 2. The molecule has 7 heteroatoms. The van der Waals surface area contributed by atoms with E-state index in [1.54, 1.807) is 42.3 Å². The molecule has 1 aromatic heterocycles. The normalized spacial score (nSPS) is 11.7. The van der Waals surface area contributed by atoms with Crippen LogP contribution in [0.25, 0.3) is 11.3 Å². The Morgan fingerprint density at radius 2 is 2.03 bits per heavy atom. The molecule has 0 saturated heterocycles. The lowest BCUT2D eigenvalue weighted by Gasteiger charge is -2.16. The summed E-state index contributed by atoms with van der Waals surface area (Å²) in [7, 11) is 3.46. The van der Waals surface area contributed by atoms with Gasteiger partial charge in [0, 0.05) is 42.6 Å². The molecule has 164 valence electrons. The van der Waals surface area contributed by atoms with Gasteiger partial charge in [0.05, 0.1) is 12.8 Å². The Bertz CT molecular complexity index is 1020. The number of carbonyl (C=O) groups is 1. The lowest BCUT2D eigenvalue weighted by atomic mass is 10.1. The number of nitrogens with zero attached hydrogens (tertiary/aromatic N) is 2. The highest BCUT2D eigenvalue weighted by atomic mass is 16.5. The van der Waals surface area contributed by atoms with Crippen LogP contribution in [-0.2, 0) is 7.05 Å². The van der Waals surface area contributed by atoms with Gasteiger partial charge in [-0.05, 0) is 55.8 Å². The van der Waals surface area contributed by atoms with Crippen LogP contribution in [0.2, 0.25) is 0 Å². The van der Waals surface area contributed by atoms with Crippen molar-refractivity contribution >= 4 is 11.6 Å². The van der Waals surface area contributed by atoms with Crippen molar-refractivity contribution in [2.75, 3.05) is 25.6 Å². The van der Waals surface area contributed by atoms with Gasteiger partial charge in [0.2, 0.25) is 0 Å². The fourth-order valence-electron chi connectivity index (χ4n) is 3.15. The molecule has 1 amide bonds. The first-order valence-electron chi connectivity index (χ1n) is 10.5. The molecule has 31 heavy (non-hydrogen) atoms. The van der Waals surface area contributed by atoms with Gasteiger partial charge in [-0.15, -0.1) is 0 Å². The number of amides is 1. The summed E-state index contributed by atoms with van der Waals surface area (Å²) in [6, 6.07) is 15.1. The summed E-state index contributed by atoms with van der Waals surface area (Å²) in [4.78, 5) is 12.7. The SMILES string of the molecule is CCC(C)NCCOc1ccc(NC(=O)c2cccc(OC)c2)cc1-c1ccnn1C. The van der Waals surface area contributed by atoms with Crippen molar-refractivity contribution in [2.24, 2.45) is 7.05 Å². The largest absolute Gasteiger partial charge is 0.497 e. The number of ether oxygens (including phenoxy) is 2. The van der Waals surface area contributed by atoms with Gasteiger partial charge in [-0.1, -0.05) is 13.0 Å². The first-order chi connectivity index (χ1) is 15.0. The Kier molecular flexibility index (Phi) is 7.67. The molecule has 1 heterocycles. The van der Waals surface area contributed by atoms with Crippen molar-refractivity contribution in [3.05, 3.63) is 60.3 Å². The highest BCUT2D eigenvalue weighted by molar-refractivity contribution is 6.04. The standard InChI is InChI=1S/C24H30N4O3/c1-5-17(2)25-13-14-31-23-10-9-19(16-21(23)22-11-12-26-28(22)3)27-24(29)18-7-6-8-20(15-18)30-4/h6-12,15-17,25H,5,13-14H2,1-4H3,(H,27,29). The van der Waals surface area contributed by atoms with Gasteiger partial charge in [-0.2, -0.15) is 5.10 Å². The van der Waals surface area contributed by atoms with E-state index in [0.717, 1.165) is 30.0 Å². The van der Waals surface area contributed by atoms with Gasteiger partial charge in [0.25, 0.3) is 5.91 Å². The van der Waals surface area contributed by atoms with E-state index in [4.69, 9.17) is 9.47 Å². The number of anilines is 1. The first kappa shape index (κ1) is 22.4. The van der Waals surface area contributed by atoms with E-state index in [9.17, 15) is 4.79 Å². The maximum Gasteiger partial charge on any atom is 0.255 e. The molecular formula is C24H30N4O3. The van der Waals surface area contributed by atoms with E-state index in [2.05, 4.69) is 29.6 Å². The van der Waals surface area contributed by atoms with Crippen molar-refractivity contribution in [3.8, 4) is 22.8 Å². The van der Waals surface area contributed by atoms with Crippen LogP contribution in [0.5, 0.6) is 11.5 Å². The summed E-state index contributed by atoms with van der Waals surface area (Å²) in [6.45, 7) is 5.61. The van der Waals surface area contributed by atoms with Gasteiger partial charge in [0.1, 0.15) is 18.1 Å². The number of hydrogen-bond donors (Lipinski definition) is 2. The van der Waals surface area contributed by atoms with E-state index in [1.165, 1.54) is 0 Å². The first-order valence-corrected chi connectivity index (χ1v) is 10.5. The Labute approximate surface area is 183 Å². The second-order valence-electron chi connectivity index (χ2n) is 7.35. The molecule has 7 nitrogen and oxygen atoms in total. The molecule has 0 radical (unpaired) electrons. The molecule has 0 aliphatic rings. The second kappa shape index (κ2) is 10.6. The van der Waals surface area contributed by atoms with E-state index >= 15 is 0 Å². The molecule has 0 aliphatic carbocycles. The molecule has 3 rings (SSSR count). The Morgan fingerprint density at radius 3 is 2.74 bits per heavy atom. The quantitative estimate of drug-likeness (QED) is 0.481. The van der Waals surface area contributed by atoms with Crippen LogP contribution in [0.1, 0.15) is 30.6 Å². The van der Waals surface area contributed by atoms with Crippen molar-refractivity contribution in [2.45, 2.75) is 26.3 Å². The van der Waals surface area contributed by atoms with Crippen LogP contribution in [0.4, 0.5) is 5.69 Å². The third-order valence-corrected chi connectivity index (χ3v) is 5.13. The second-order valence-corrected chi connectivity index (χ2v) is 7.35. The third kappa shape index (κ3) is 5.86. The van der Waals surface area contributed by atoms with Crippen molar-refractivity contribution < 1.29 is 14.3 Å². The van der Waals surface area contributed by atoms with Gasteiger partial charge in [0.15, 0.2) is 0 Å². The molecule has 0 bridgehead atoms. The minimum atomic E-state index is -0.207. The molecular weight excluding hydrogens is 392 g/mol. The van der Waals surface area contributed by atoms with Crippen LogP contribution >= 0.6 is 0 Å². The highest BCUT2D eigenvalue weighted by Gasteiger charge is 2.14. The molecule has 0 spiro atoms. The molecule has 2 N–H and O–H groups in total. The van der Waals surface area contributed by atoms with Crippen LogP contribution in [-0.4, -0.2) is 42.0 Å². The van der Waals surface area contributed by atoms with E-state index in [1.807, 2.05) is 31.3 Å². The molecule has 0 aliphatic heterocycles. The molecule has 2 aromatic carbocycles. The number of benzene rings is 2. The molecule has 0 saturated carbocycles. The predicted molar refractivity (Wildman–Crippen MR) is 123 cm³/mol. The molecule has 0 fully saturated rings. The van der Waals surface area contributed by atoms with Gasteiger partial charge < -0.3 is 20.1 Å². The van der Waals surface area contributed by atoms with Gasteiger partial charge in [-0.3, -0.25) is 9.48 Å². The summed E-state index contributed by atoms with van der Waals surface area (Å²) < 4.78 is 13.0. The molecule has 1 atom stereocenters. The van der Waals surface area contributed by atoms with Crippen molar-refractivity contribution in [1.82, 2.24) is 15.1 Å². The molecule has 3 aromatic rings. The van der Waals surface area contributed by atoms with Crippen molar-refractivity contribution in [1.29, 1.82) is 0 Å². The number of rotatable bonds is 10. The molecule has 1 unspecified atom stereocenters. The minimum Gasteiger partial charge on any atom is -0.497 e. The van der Waals surface area contributed by atoms with Crippen LogP contribution in [0, 0.1) is 0 Å². The maximum absolute atomic E-state index is 12.7. The minimum absolute atomic E-state index is 0.207. The topological polar surface area (TPSA) is 77.4 Å². The summed E-state index contributed by atoms with van der Waals surface area (Å²) in [5.41, 5.74) is 2.97. The average Bonchev–Trinajstić information content (AvgIpc) is 3.22. The lowest BCUT2D eigenvalue weighted by molar-refractivity contribution is 0.102. The zero-order valence-corrected chi connectivity index (χ0v) is 18.5. The lowest BCUT2D eigenvalue weighted by Crippen LogP contribution is -2.29. The fraction of sp³-hybridized carbons (Fsp3) is 0.333. The Balaban J connectivity index is 1.79. The summed E-state index contributed by atoms with van der Waals surface area (Å²) >= 11 is 0. The highest BCUT2D eigenvalue weighted by Crippen LogP contribution is 2.32. The Hall–Kier alpha value is -3.32. The summed E-state index contributed by atoms with van der Waals surface area (Å²) in [5, 5.41) is 10.6. The van der Waals surface area contributed by atoms with Gasteiger partial charge in [-0.25, -0.2) is 0 Å². The average molecular weight is 423 g/mol. The summed E-state index contributed by atoms with van der Waals surface area (Å²) in [5.74, 6) is 1.17.